The maximum atomic E-state index is 12.5. The number of hydrogen-bond donors (Lipinski definition) is 3. The summed E-state index contributed by atoms with van der Waals surface area (Å²) in [6.45, 7) is 1.01. The summed E-state index contributed by atoms with van der Waals surface area (Å²) in [5.74, 6) is -4.31. The van der Waals surface area contributed by atoms with Gasteiger partial charge in [0.2, 0.25) is 5.91 Å². The number of benzene rings is 2. The maximum absolute atomic E-state index is 12.5. The Labute approximate surface area is 230 Å². The molecule has 0 aromatic heterocycles. The molecule has 0 bridgehead atoms. The minimum Gasteiger partial charge on any atom is -0.549 e. The van der Waals surface area contributed by atoms with Crippen molar-refractivity contribution in [2.45, 2.75) is 51.1 Å². The third-order valence-corrected chi connectivity index (χ3v) is 6.94. The number of carboxylic acid groups (broad SMARTS) is 2. The summed E-state index contributed by atoms with van der Waals surface area (Å²) in [4.78, 5) is 47.6. The second-order valence-corrected chi connectivity index (χ2v) is 9.50. The number of hydrogen-bond acceptors (Lipinski definition) is 8. The standard InChI is InChI=1S/C20H20N2O6.C6H14N2.Pt/c1-12-6-7-15(14-5-3-2-4-13(12)14)17(24)21-9-8-16(23)22-10-20(11-22,18(25)26)19(27)28;7-5-3-1-2-4-6(5)8;/h2-7H,8-11H2,1H3,(H,21,24)(H,25,26)(H,27,28);5-6H,1-4,7-8H2;/q;;+2/p-2/t;5-,6-;/m.1./s1. The van der Waals surface area contributed by atoms with E-state index >= 15 is 0 Å². The van der Waals surface area contributed by atoms with Crippen LogP contribution in [0.1, 0.15) is 48.0 Å². The molecular formula is C26H32N4O6Pt. The first-order valence-corrected chi connectivity index (χ1v) is 12.0. The molecule has 2 aromatic carbocycles. The zero-order chi connectivity index (χ0) is 26.5. The SMILES string of the molecule is Cc1ccc(C(=O)NCCC(=O)N2CC(C(=O)[O-])(C(=O)[O-])C2)c2ccccc12.N[C@@H]1CCCC[C@H]1N.[Pt+2]. The fraction of sp³-hybridized carbons (Fsp3) is 0.462. The Morgan fingerprint density at radius 3 is 2.00 bits per heavy atom. The van der Waals surface area contributed by atoms with E-state index in [2.05, 4.69) is 5.32 Å². The van der Waals surface area contributed by atoms with Gasteiger partial charge >= 0.3 is 21.1 Å². The second-order valence-electron chi connectivity index (χ2n) is 9.50. The van der Waals surface area contributed by atoms with Crippen LogP contribution in [-0.2, 0) is 35.4 Å². The molecule has 37 heavy (non-hydrogen) atoms. The molecule has 2 atom stereocenters. The fourth-order valence-electron chi connectivity index (χ4n) is 4.50. The minimum absolute atomic E-state index is 0. The molecule has 4 rings (SSSR count). The zero-order valence-electron chi connectivity index (χ0n) is 20.6. The predicted octanol–water partition coefficient (Wildman–Crippen LogP) is -1.19. The molecule has 1 aliphatic heterocycles. The van der Waals surface area contributed by atoms with Gasteiger partial charge in [-0.2, -0.15) is 0 Å². The van der Waals surface area contributed by atoms with Crippen molar-refractivity contribution in [3.8, 4) is 0 Å². The zero-order valence-corrected chi connectivity index (χ0v) is 22.9. The molecule has 202 valence electrons. The van der Waals surface area contributed by atoms with E-state index in [1.807, 2.05) is 37.3 Å². The number of aliphatic carboxylic acids is 2. The number of carbonyl (C=O) groups is 4. The summed E-state index contributed by atoms with van der Waals surface area (Å²) in [7, 11) is 0. The Balaban J connectivity index is 0.000000457. The Hall–Kier alpha value is -2.81. The average Bonchev–Trinajstić information content (AvgIpc) is 2.80. The molecule has 2 fully saturated rings. The van der Waals surface area contributed by atoms with Gasteiger partial charge in [-0.1, -0.05) is 43.2 Å². The molecule has 1 saturated heterocycles. The van der Waals surface area contributed by atoms with Crippen molar-refractivity contribution in [1.29, 1.82) is 0 Å². The summed E-state index contributed by atoms with van der Waals surface area (Å²) < 4.78 is 0. The number of likely N-dealkylation sites (tertiary alicyclic amines) is 1. The van der Waals surface area contributed by atoms with Gasteiger partial charge in [-0.15, -0.1) is 0 Å². The van der Waals surface area contributed by atoms with Gasteiger partial charge in [0.25, 0.3) is 5.91 Å². The van der Waals surface area contributed by atoms with Crippen LogP contribution >= 0.6 is 0 Å². The first-order chi connectivity index (χ1) is 17.1. The van der Waals surface area contributed by atoms with Crippen LogP contribution in [0.4, 0.5) is 0 Å². The molecule has 11 heteroatoms. The van der Waals surface area contributed by atoms with Crippen molar-refractivity contribution in [1.82, 2.24) is 10.2 Å². The van der Waals surface area contributed by atoms with Gasteiger partial charge in [-0.3, -0.25) is 9.59 Å². The third kappa shape index (κ3) is 6.94. The summed E-state index contributed by atoms with van der Waals surface area (Å²) >= 11 is 0. The molecule has 2 amide bonds. The van der Waals surface area contributed by atoms with Crippen LogP contribution in [0.25, 0.3) is 10.8 Å². The molecule has 0 radical (unpaired) electrons. The molecule has 1 aliphatic carbocycles. The summed E-state index contributed by atoms with van der Waals surface area (Å²) in [5.41, 5.74) is 10.7. The van der Waals surface area contributed by atoms with Gasteiger partial charge in [0.1, 0.15) is 0 Å². The summed E-state index contributed by atoms with van der Waals surface area (Å²) in [6, 6.07) is 11.6. The monoisotopic (exact) mass is 691 g/mol. The molecule has 0 unspecified atom stereocenters. The smallest absolute Gasteiger partial charge is 0.549 e. The third-order valence-electron chi connectivity index (χ3n) is 6.94. The number of carbonyl (C=O) groups excluding carboxylic acids is 4. The van der Waals surface area contributed by atoms with E-state index < -0.39 is 36.4 Å². The molecule has 2 aliphatic rings. The number of rotatable bonds is 6. The minimum atomic E-state index is -2.15. The van der Waals surface area contributed by atoms with E-state index in [1.54, 1.807) is 6.07 Å². The van der Waals surface area contributed by atoms with Crippen LogP contribution < -0.4 is 27.0 Å². The number of carboxylic acids is 2. The first-order valence-electron chi connectivity index (χ1n) is 12.0. The molecule has 10 nitrogen and oxygen atoms in total. The number of nitrogens with two attached hydrogens (primary N) is 2. The van der Waals surface area contributed by atoms with Crippen molar-refractivity contribution in [3.63, 3.8) is 0 Å². The van der Waals surface area contributed by atoms with Crippen LogP contribution in [0.3, 0.4) is 0 Å². The summed E-state index contributed by atoms with van der Waals surface area (Å²) in [5, 5.41) is 26.4. The van der Waals surface area contributed by atoms with Crippen LogP contribution in [-0.4, -0.2) is 60.4 Å². The molecular weight excluding hydrogens is 659 g/mol. The molecule has 5 N–H and O–H groups in total. The van der Waals surface area contributed by atoms with E-state index in [9.17, 15) is 29.4 Å². The molecule has 0 spiro atoms. The van der Waals surface area contributed by atoms with Gasteiger partial charge in [0.05, 0.1) is 17.4 Å². The van der Waals surface area contributed by atoms with Crippen molar-refractivity contribution >= 4 is 34.5 Å². The second kappa shape index (κ2) is 13.1. The Bertz CT molecular complexity index is 1130. The van der Waals surface area contributed by atoms with E-state index in [1.165, 1.54) is 12.8 Å². The number of nitrogens with one attached hydrogen (secondary N) is 1. The maximum Gasteiger partial charge on any atom is 2.00 e. The number of fused-ring (bicyclic) bond motifs is 1. The first kappa shape index (κ1) is 30.4. The number of amides is 2. The van der Waals surface area contributed by atoms with Crippen LogP contribution in [0.2, 0.25) is 0 Å². The predicted molar refractivity (Wildman–Crippen MR) is 129 cm³/mol. The van der Waals surface area contributed by atoms with E-state index in [0.29, 0.717) is 5.56 Å². The Morgan fingerprint density at radius 2 is 1.49 bits per heavy atom. The van der Waals surface area contributed by atoms with Gasteiger partial charge in [0.15, 0.2) is 0 Å². The van der Waals surface area contributed by atoms with Crippen molar-refractivity contribution < 1.29 is 50.5 Å². The molecule has 1 saturated carbocycles. The van der Waals surface area contributed by atoms with Gasteiger partial charge in [-0.25, -0.2) is 0 Å². The van der Waals surface area contributed by atoms with Gasteiger partial charge in [0, 0.05) is 43.7 Å². The average molecular weight is 692 g/mol. The topological polar surface area (TPSA) is 182 Å². The number of nitrogens with zero attached hydrogens (tertiary/aromatic N) is 1. The van der Waals surface area contributed by atoms with E-state index in [4.69, 9.17) is 11.5 Å². The number of aryl methyl sites for hydroxylation is 1. The van der Waals surface area contributed by atoms with E-state index in [0.717, 1.165) is 34.1 Å². The molecule has 1 heterocycles. The van der Waals surface area contributed by atoms with Crippen molar-refractivity contribution in [3.05, 3.63) is 47.5 Å². The van der Waals surface area contributed by atoms with Crippen LogP contribution in [0.15, 0.2) is 36.4 Å². The van der Waals surface area contributed by atoms with E-state index in [-0.39, 0.29) is 52.0 Å². The summed E-state index contributed by atoms with van der Waals surface area (Å²) in [6.07, 6.45) is 4.72. The van der Waals surface area contributed by atoms with Crippen molar-refractivity contribution in [2.75, 3.05) is 19.6 Å². The van der Waals surface area contributed by atoms with Crippen LogP contribution in [0.5, 0.6) is 0 Å². The quantitative estimate of drug-likeness (QED) is 0.316. The normalized spacial score (nSPS) is 19.9. The Morgan fingerprint density at radius 1 is 0.946 bits per heavy atom. The fourth-order valence-corrected chi connectivity index (χ4v) is 4.50. The van der Waals surface area contributed by atoms with Crippen molar-refractivity contribution in [2.24, 2.45) is 16.9 Å². The Kier molecular flexibility index (Phi) is 10.8. The van der Waals surface area contributed by atoms with Gasteiger partial charge < -0.3 is 41.5 Å². The molecule has 2 aromatic rings. The van der Waals surface area contributed by atoms with Crippen LogP contribution in [0, 0.1) is 12.3 Å². The largest absolute Gasteiger partial charge is 2.00 e. The van der Waals surface area contributed by atoms with Gasteiger partial charge in [-0.05, 0) is 42.2 Å².